The quantitative estimate of drug-likeness (QED) is 0.218. The smallest absolute Gasteiger partial charge is 0.319 e. The van der Waals surface area contributed by atoms with Gasteiger partial charge < -0.3 is 29.7 Å². The number of hydrogen-bond donors (Lipinski definition) is 3. The van der Waals surface area contributed by atoms with Gasteiger partial charge in [0, 0.05) is 35.8 Å². The predicted molar refractivity (Wildman–Crippen MR) is 185 cm³/mol. The van der Waals surface area contributed by atoms with E-state index in [4.69, 9.17) is 14.5 Å². The summed E-state index contributed by atoms with van der Waals surface area (Å²) in [6.07, 6.45) is 9.18. The van der Waals surface area contributed by atoms with E-state index >= 15 is 8.78 Å². The van der Waals surface area contributed by atoms with Crippen molar-refractivity contribution in [2.75, 3.05) is 44.4 Å². The number of rotatable bonds is 8. The fourth-order valence-corrected chi connectivity index (χ4v) is 8.93. The number of aliphatic hydroxyl groups is 2. The van der Waals surface area contributed by atoms with Crippen molar-refractivity contribution in [2.45, 2.75) is 89.0 Å². The lowest BCUT2D eigenvalue weighted by molar-refractivity contribution is -0.0528. The number of benzene rings is 2. The number of piperidine rings is 1. The van der Waals surface area contributed by atoms with Crippen LogP contribution in [0.5, 0.6) is 11.8 Å². The van der Waals surface area contributed by atoms with Crippen LogP contribution >= 0.6 is 0 Å². The zero-order chi connectivity index (χ0) is 34.8. The first-order valence-electron chi connectivity index (χ1n) is 18.0. The fraction of sp³-hybridized carbons (Fsp3) is 0.553. The molecule has 4 fully saturated rings. The van der Waals surface area contributed by atoms with E-state index in [1.54, 1.807) is 17.9 Å². The number of aromatic nitrogens is 3. The summed E-state index contributed by atoms with van der Waals surface area (Å²) in [4.78, 5) is 18.5. The molecule has 266 valence electrons. The van der Waals surface area contributed by atoms with Gasteiger partial charge in [0.15, 0.2) is 5.82 Å². The Bertz CT molecular complexity index is 1940. The molecule has 4 atom stereocenters. The second kappa shape index (κ2) is 12.8. The van der Waals surface area contributed by atoms with Crippen molar-refractivity contribution >= 4 is 27.5 Å². The van der Waals surface area contributed by atoms with Crippen molar-refractivity contribution in [2.24, 2.45) is 5.41 Å². The molecule has 10 nitrogen and oxygen atoms in total. The molecule has 0 amide bonds. The second-order valence-electron chi connectivity index (χ2n) is 15.1. The van der Waals surface area contributed by atoms with Crippen molar-refractivity contribution < 1.29 is 33.6 Å². The Hall–Kier alpha value is -3.71. The largest absolute Gasteiger partial charge is 0.508 e. The summed E-state index contributed by atoms with van der Waals surface area (Å²) in [5.74, 6) is -0.984. The van der Waals surface area contributed by atoms with Crippen molar-refractivity contribution in [3.05, 3.63) is 47.7 Å². The van der Waals surface area contributed by atoms with Gasteiger partial charge in [0.1, 0.15) is 34.2 Å². The van der Waals surface area contributed by atoms with Crippen molar-refractivity contribution in [3.8, 4) is 23.0 Å². The normalized spacial score (nSPS) is 27.5. The number of likely N-dealkylation sites (tertiary alicyclic amines) is 1. The van der Waals surface area contributed by atoms with E-state index in [1.165, 1.54) is 37.2 Å². The number of halogens is 2. The third-order valence-corrected chi connectivity index (χ3v) is 11.3. The summed E-state index contributed by atoms with van der Waals surface area (Å²) in [5, 5.41) is 33.2. The Morgan fingerprint density at radius 3 is 2.70 bits per heavy atom. The molecule has 0 radical (unpaired) electrons. The Morgan fingerprint density at radius 2 is 1.92 bits per heavy atom. The van der Waals surface area contributed by atoms with Gasteiger partial charge in [0.25, 0.3) is 0 Å². The molecule has 4 heterocycles. The highest BCUT2D eigenvalue weighted by Gasteiger charge is 2.51. The van der Waals surface area contributed by atoms with E-state index in [2.05, 4.69) is 14.9 Å². The number of phenolic OH excluding ortho intramolecular Hbond substituents is 1. The molecule has 3 N–H and O–H groups in total. The van der Waals surface area contributed by atoms with Crippen molar-refractivity contribution in [1.29, 1.82) is 0 Å². The molecule has 4 aliphatic rings. The summed E-state index contributed by atoms with van der Waals surface area (Å²) < 4.78 is 44.5. The standard InChI is InChI=1S/C38H45F2N5O5/c1-3-26-29(39)10-7-22-14-24(47)15-27(31(22)26)33-32(40)34-28(16-41-33)35(44-17-25(18-46)49-20-37(2,48)19-44)43-36(42-34)50-21-38-11-4-6-30(38)45(13-5-12-38)23-8-9-23/h7,10,14-16,23,25,30,46-48H,3-6,8-9,11-13,17-21H2,1-2H3/t25-,30?,37+,38-/m1/s1. The Balaban J connectivity index is 1.26. The maximum atomic E-state index is 17.1. The monoisotopic (exact) mass is 689 g/mol. The first-order valence-corrected chi connectivity index (χ1v) is 18.0. The van der Waals surface area contributed by atoms with E-state index in [-0.39, 0.29) is 65.6 Å². The fourth-order valence-electron chi connectivity index (χ4n) is 8.93. The van der Waals surface area contributed by atoms with Gasteiger partial charge >= 0.3 is 6.01 Å². The van der Waals surface area contributed by atoms with Crippen LogP contribution in [0.15, 0.2) is 30.5 Å². The second-order valence-corrected chi connectivity index (χ2v) is 15.1. The zero-order valence-corrected chi connectivity index (χ0v) is 28.7. The average molecular weight is 690 g/mol. The topological polar surface area (TPSA) is 124 Å². The number of fused-ring (bicyclic) bond motifs is 3. The molecule has 2 saturated heterocycles. The minimum Gasteiger partial charge on any atom is -0.508 e. The van der Waals surface area contributed by atoms with E-state index in [1.807, 2.05) is 6.92 Å². The lowest BCUT2D eigenvalue weighted by Crippen LogP contribution is -2.52. The van der Waals surface area contributed by atoms with Gasteiger partial charge in [0.05, 0.1) is 37.9 Å². The molecule has 12 heteroatoms. The van der Waals surface area contributed by atoms with Crippen LogP contribution in [-0.4, -0.2) is 98.4 Å². The van der Waals surface area contributed by atoms with Crippen molar-refractivity contribution in [3.63, 3.8) is 0 Å². The maximum absolute atomic E-state index is 17.1. The minimum atomic E-state index is -1.29. The number of aryl methyl sites for hydroxylation is 1. The third-order valence-electron chi connectivity index (χ3n) is 11.3. The van der Waals surface area contributed by atoms with Crippen LogP contribution in [-0.2, 0) is 11.2 Å². The van der Waals surface area contributed by atoms with E-state index in [9.17, 15) is 15.3 Å². The third kappa shape index (κ3) is 5.93. The highest BCUT2D eigenvalue weighted by molar-refractivity contribution is 6.01. The molecule has 2 aromatic carbocycles. The molecule has 0 bridgehead atoms. The number of pyridine rings is 1. The average Bonchev–Trinajstić information content (AvgIpc) is 3.88. The lowest BCUT2D eigenvalue weighted by atomic mass is 9.75. The number of aliphatic hydroxyl groups excluding tert-OH is 1. The zero-order valence-electron chi connectivity index (χ0n) is 28.7. The van der Waals surface area contributed by atoms with Gasteiger partial charge in [-0.05, 0) is 92.9 Å². The van der Waals surface area contributed by atoms with Crippen LogP contribution < -0.4 is 9.64 Å². The van der Waals surface area contributed by atoms with Crippen LogP contribution in [0.3, 0.4) is 0 Å². The van der Waals surface area contributed by atoms with Gasteiger partial charge in [-0.2, -0.15) is 9.97 Å². The predicted octanol–water partition coefficient (Wildman–Crippen LogP) is 5.52. The summed E-state index contributed by atoms with van der Waals surface area (Å²) >= 11 is 0. The summed E-state index contributed by atoms with van der Waals surface area (Å²) in [5.41, 5.74) is -0.819. The lowest BCUT2D eigenvalue weighted by Gasteiger charge is -2.46. The van der Waals surface area contributed by atoms with Crippen molar-refractivity contribution in [1.82, 2.24) is 19.9 Å². The molecule has 2 aromatic heterocycles. The molecule has 8 rings (SSSR count). The Labute approximate surface area is 290 Å². The van der Waals surface area contributed by atoms with E-state index in [0.717, 1.165) is 38.6 Å². The molecule has 4 aromatic rings. The first kappa shape index (κ1) is 33.4. The summed E-state index contributed by atoms with van der Waals surface area (Å²) in [6.45, 7) is 4.98. The van der Waals surface area contributed by atoms with Gasteiger partial charge in [-0.1, -0.05) is 19.4 Å². The number of anilines is 1. The van der Waals surface area contributed by atoms with E-state index in [0.29, 0.717) is 47.3 Å². The van der Waals surface area contributed by atoms with E-state index < -0.39 is 23.3 Å². The van der Waals surface area contributed by atoms with Gasteiger partial charge in [-0.15, -0.1) is 0 Å². The summed E-state index contributed by atoms with van der Waals surface area (Å²) in [7, 11) is 0. The number of phenols is 1. The van der Waals surface area contributed by atoms with Crippen LogP contribution in [0.1, 0.15) is 64.4 Å². The molecular weight excluding hydrogens is 644 g/mol. The molecule has 50 heavy (non-hydrogen) atoms. The molecule has 1 unspecified atom stereocenters. The van der Waals surface area contributed by atoms with Crippen LogP contribution in [0.2, 0.25) is 0 Å². The van der Waals surface area contributed by atoms with Gasteiger partial charge in [-0.3, -0.25) is 9.88 Å². The van der Waals surface area contributed by atoms with Crippen LogP contribution in [0, 0.1) is 17.0 Å². The number of ether oxygens (including phenoxy) is 2. The first-order chi connectivity index (χ1) is 24.1. The highest BCUT2D eigenvalue weighted by atomic mass is 19.1. The highest BCUT2D eigenvalue weighted by Crippen LogP contribution is 2.51. The van der Waals surface area contributed by atoms with Crippen LogP contribution in [0.4, 0.5) is 14.6 Å². The number of hydrogen-bond acceptors (Lipinski definition) is 10. The minimum absolute atomic E-state index is 0.000156. The van der Waals surface area contributed by atoms with Crippen LogP contribution in [0.25, 0.3) is 32.9 Å². The molecule has 2 saturated carbocycles. The Kier molecular flexibility index (Phi) is 8.56. The SMILES string of the molecule is CCc1c(F)ccc2cc(O)cc(-c3ncc4c(N5C[C@H](CO)OC[C@@](C)(O)C5)nc(OC[C@]56CCCC5N(C5CC5)CCC6)nc4c3F)c12. The molecule has 0 spiro atoms. The Morgan fingerprint density at radius 1 is 1.10 bits per heavy atom. The number of nitrogens with zero attached hydrogens (tertiary/aromatic N) is 5. The number of β-amino-alcohol motifs (C(OH)–C–C–N with tert-alkyl or cyclic N) is 1. The molecule has 2 aliphatic carbocycles. The summed E-state index contributed by atoms with van der Waals surface area (Å²) in [6, 6.07) is 6.95. The van der Waals surface area contributed by atoms with Gasteiger partial charge in [-0.25, -0.2) is 8.78 Å². The number of aromatic hydroxyl groups is 1. The molecular formula is C38H45F2N5O5. The van der Waals surface area contributed by atoms with Gasteiger partial charge in [0.2, 0.25) is 0 Å². The molecule has 2 aliphatic heterocycles. The maximum Gasteiger partial charge on any atom is 0.319 e.